The van der Waals surface area contributed by atoms with Crippen LogP contribution in [0.4, 0.5) is 0 Å². The molecular formula is C12H14N2O4S2. The highest BCUT2D eigenvalue weighted by Crippen LogP contribution is 2.29. The number of nitriles is 1. The average molecular weight is 314 g/mol. The molecule has 0 saturated carbocycles. The van der Waals surface area contributed by atoms with Gasteiger partial charge in [-0.15, -0.1) is 11.3 Å². The lowest BCUT2D eigenvalue weighted by molar-refractivity contribution is -0.146. The zero-order chi connectivity index (χ0) is 14.8. The van der Waals surface area contributed by atoms with Crippen molar-refractivity contribution in [1.82, 2.24) is 4.31 Å². The monoisotopic (exact) mass is 314 g/mol. The molecule has 1 fully saturated rings. The highest BCUT2D eigenvalue weighted by Gasteiger charge is 2.38. The first kappa shape index (κ1) is 15.0. The smallest absolute Gasteiger partial charge is 0.324 e. The maximum atomic E-state index is 12.6. The van der Waals surface area contributed by atoms with Crippen molar-refractivity contribution in [3.8, 4) is 6.07 Å². The Balaban J connectivity index is 2.35. The largest absolute Gasteiger partial charge is 0.468 e. The van der Waals surface area contributed by atoms with E-state index in [-0.39, 0.29) is 4.21 Å². The van der Waals surface area contributed by atoms with E-state index in [4.69, 9.17) is 5.26 Å². The van der Waals surface area contributed by atoms with Gasteiger partial charge in [0.25, 0.3) is 10.0 Å². The quantitative estimate of drug-likeness (QED) is 0.786. The van der Waals surface area contributed by atoms with Gasteiger partial charge in [0.1, 0.15) is 21.2 Å². The molecule has 1 atom stereocenters. The molecule has 108 valence electrons. The van der Waals surface area contributed by atoms with Gasteiger partial charge in [0.2, 0.25) is 0 Å². The molecule has 2 rings (SSSR count). The molecule has 1 unspecified atom stereocenters. The zero-order valence-electron chi connectivity index (χ0n) is 10.9. The molecule has 1 aliphatic rings. The summed E-state index contributed by atoms with van der Waals surface area (Å²) in [6.07, 6.45) is 1.96. The molecule has 8 heteroatoms. The minimum absolute atomic E-state index is 0.0878. The fourth-order valence-corrected chi connectivity index (χ4v) is 5.08. The summed E-state index contributed by atoms with van der Waals surface area (Å²) in [5.74, 6) is -0.537. The van der Waals surface area contributed by atoms with Crippen LogP contribution in [0.1, 0.15) is 24.1 Å². The van der Waals surface area contributed by atoms with Gasteiger partial charge in [0.05, 0.1) is 7.11 Å². The summed E-state index contributed by atoms with van der Waals surface area (Å²) in [4.78, 5) is 12.1. The molecule has 0 amide bonds. The highest BCUT2D eigenvalue weighted by molar-refractivity contribution is 7.91. The minimum Gasteiger partial charge on any atom is -0.468 e. The molecule has 1 aliphatic heterocycles. The molecule has 0 aromatic carbocycles. The predicted octanol–water partition coefficient (Wildman–Crippen LogP) is 1.34. The van der Waals surface area contributed by atoms with Crippen LogP contribution in [0, 0.1) is 11.3 Å². The Morgan fingerprint density at radius 1 is 1.50 bits per heavy atom. The van der Waals surface area contributed by atoms with Crippen molar-refractivity contribution < 1.29 is 17.9 Å². The van der Waals surface area contributed by atoms with Crippen LogP contribution in [-0.4, -0.2) is 38.4 Å². The molecule has 0 spiro atoms. The van der Waals surface area contributed by atoms with Crippen molar-refractivity contribution in [1.29, 1.82) is 5.26 Å². The van der Waals surface area contributed by atoms with Crippen LogP contribution in [0.25, 0.3) is 0 Å². The number of thiophene rings is 1. The number of ether oxygens (including phenoxy) is 1. The molecule has 0 radical (unpaired) electrons. The van der Waals surface area contributed by atoms with Crippen LogP contribution in [0.5, 0.6) is 0 Å². The van der Waals surface area contributed by atoms with Crippen LogP contribution in [0.2, 0.25) is 0 Å². The maximum absolute atomic E-state index is 12.6. The van der Waals surface area contributed by atoms with Crippen LogP contribution >= 0.6 is 11.3 Å². The van der Waals surface area contributed by atoms with E-state index >= 15 is 0 Å². The number of rotatable bonds is 3. The fourth-order valence-electron chi connectivity index (χ4n) is 2.20. The molecule has 1 aromatic heterocycles. The topological polar surface area (TPSA) is 87.5 Å². The molecule has 1 saturated heterocycles. The summed E-state index contributed by atoms with van der Waals surface area (Å²) in [5, 5.41) is 8.78. The number of hydrogen-bond acceptors (Lipinski definition) is 6. The lowest BCUT2D eigenvalue weighted by atomic mass is 10.1. The van der Waals surface area contributed by atoms with E-state index in [0.717, 1.165) is 17.8 Å². The van der Waals surface area contributed by atoms with Crippen molar-refractivity contribution >= 4 is 27.3 Å². The number of carbonyl (C=O) groups is 1. The van der Waals surface area contributed by atoms with E-state index in [1.165, 1.54) is 23.5 Å². The first-order chi connectivity index (χ1) is 9.50. The minimum atomic E-state index is -3.76. The Morgan fingerprint density at radius 2 is 2.25 bits per heavy atom. The first-order valence-electron chi connectivity index (χ1n) is 6.10. The van der Waals surface area contributed by atoms with Crippen LogP contribution in [0.3, 0.4) is 0 Å². The van der Waals surface area contributed by atoms with Gasteiger partial charge in [-0.2, -0.15) is 9.57 Å². The lowest BCUT2D eigenvalue weighted by Gasteiger charge is -2.32. The number of esters is 1. The van der Waals surface area contributed by atoms with Gasteiger partial charge < -0.3 is 4.74 Å². The standard InChI is InChI=1S/C12H14N2O4S2/c1-18-12(15)10-4-2-3-7-14(10)20(16,17)11-6-5-9(8-13)19-11/h5-6,10H,2-4,7H2,1H3. The second kappa shape index (κ2) is 5.91. The number of piperidine rings is 1. The van der Waals surface area contributed by atoms with Gasteiger partial charge >= 0.3 is 5.97 Å². The van der Waals surface area contributed by atoms with E-state index < -0.39 is 22.0 Å². The SMILES string of the molecule is COC(=O)C1CCCCN1S(=O)(=O)c1ccc(C#N)s1. The summed E-state index contributed by atoms with van der Waals surface area (Å²) in [7, 11) is -2.51. The number of sulfonamides is 1. The Bertz CT molecular complexity index is 645. The van der Waals surface area contributed by atoms with Crippen molar-refractivity contribution in [2.75, 3.05) is 13.7 Å². The van der Waals surface area contributed by atoms with Gasteiger partial charge in [-0.1, -0.05) is 0 Å². The third-order valence-electron chi connectivity index (χ3n) is 3.18. The highest BCUT2D eigenvalue weighted by atomic mass is 32.2. The van der Waals surface area contributed by atoms with E-state index in [1.54, 1.807) is 0 Å². The zero-order valence-corrected chi connectivity index (χ0v) is 12.5. The third kappa shape index (κ3) is 2.70. The molecule has 0 aliphatic carbocycles. The third-order valence-corrected chi connectivity index (χ3v) is 6.55. The summed E-state index contributed by atoms with van der Waals surface area (Å²) >= 11 is 0.912. The Hall–Kier alpha value is -1.43. The van der Waals surface area contributed by atoms with Gasteiger partial charge in [-0.05, 0) is 31.4 Å². The molecule has 1 aromatic rings. The molecule has 0 N–H and O–H groups in total. The number of carbonyl (C=O) groups excluding carboxylic acids is 1. The number of hydrogen-bond donors (Lipinski definition) is 0. The second-order valence-electron chi connectivity index (χ2n) is 4.38. The van der Waals surface area contributed by atoms with E-state index in [2.05, 4.69) is 4.74 Å². The van der Waals surface area contributed by atoms with Crippen molar-refractivity contribution in [3.05, 3.63) is 17.0 Å². The Kier molecular flexibility index (Phi) is 4.42. The molecule has 2 heterocycles. The fraction of sp³-hybridized carbons (Fsp3) is 0.500. The molecular weight excluding hydrogens is 300 g/mol. The predicted molar refractivity (Wildman–Crippen MR) is 72.6 cm³/mol. The van der Waals surface area contributed by atoms with Gasteiger partial charge in [-0.3, -0.25) is 4.79 Å². The molecule has 0 bridgehead atoms. The van der Waals surface area contributed by atoms with Gasteiger partial charge in [0, 0.05) is 6.54 Å². The average Bonchev–Trinajstić information content (AvgIpc) is 2.96. The molecule has 6 nitrogen and oxygen atoms in total. The number of nitrogens with zero attached hydrogens (tertiary/aromatic N) is 2. The van der Waals surface area contributed by atoms with Gasteiger partial charge in [0.15, 0.2) is 0 Å². The van der Waals surface area contributed by atoms with Crippen LogP contribution < -0.4 is 0 Å². The van der Waals surface area contributed by atoms with Crippen LogP contribution in [-0.2, 0) is 19.6 Å². The van der Waals surface area contributed by atoms with E-state index in [1.807, 2.05) is 6.07 Å². The normalized spacial score (nSPS) is 20.3. The van der Waals surface area contributed by atoms with E-state index in [9.17, 15) is 13.2 Å². The second-order valence-corrected chi connectivity index (χ2v) is 7.58. The summed E-state index contributed by atoms with van der Waals surface area (Å²) in [6.45, 7) is 0.294. The summed E-state index contributed by atoms with van der Waals surface area (Å²) in [6, 6.07) is 4.01. The Labute approximate surface area is 121 Å². The lowest BCUT2D eigenvalue weighted by Crippen LogP contribution is -2.48. The summed E-state index contributed by atoms with van der Waals surface area (Å²) < 4.78 is 31.1. The van der Waals surface area contributed by atoms with Crippen molar-refractivity contribution in [2.45, 2.75) is 29.5 Å². The maximum Gasteiger partial charge on any atom is 0.324 e. The first-order valence-corrected chi connectivity index (χ1v) is 8.36. The van der Waals surface area contributed by atoms with Crippen LogP contribution in [0.15, 0.2) is 16.3 Å². The summed E-state index contributed by atoms with van der Waals surface area (Å²) in [5.41, 5.74) is 0. The van der Waals surface area contributed by atoms with Crippen molar-refractivity contribution in [3.63, 3.8) is 0 Å². The molecule has 20 heavy (non-hydrogen) atoms. The van der Waals surface area contributed by atoms with Crippen molar-refractivity contribution in [2.24, 2.45) is 0 Å². The van der Waals surface area contributed by atoms with E-state index in [0.29, 0.717) is 24.3 Å². The van der Waals surface area contributed by atoms with Gasteiger partial charge in [-0.25, -0.2) is 8.42 Å². The number of methoxy groups -OCH3 is 1. The Morgan fingerprint density at radius 3 is 2.85 bits per heavy atom.